The molecular weight excluding hydrogens is 256 g/mol. The second kappa shape index (κ2) is 12.9. The highest BCUT2D eigenvalue weighted by atomic mass is 15.2. The Bertz CT molecular complexity index is 379. The van der Waals surface area contributed by atoms with E-state index in [1.807, 2.05) is 6.08 Å². The first kappa shape index (κ1) is 15.5. The molecule has 0 saturated carbocycles. The second-order valence-corrected chi connectivity index (χ2v) is 3.50. The van der Waals surface area contributed by atoms with Crippen molar-refractivity contribution in [2.45, 2.75) is 12.8 Å². The molecule has 3 aliphatic rings. The van der Waals surface area contributed by atoms with E-state index in [0.717, 1.165) is 26.1 Å². The molecule has 0 aliphatic carbocycles. The Kier molecular flexibility index (Phi) is 10.1. The van der Waals surface area contributed by atoms with Crippen LogP contribution < -0.4 is 0 Å². The van der Waals surface area contributed by atoms with E-state index in [4.69, 9.17) is 0 Å². The van der Waals surface area contributed by atoms with Gasteiger partial charge in [-0.2, -0.15) is 30.7 Å². The minimum absolute atomic E-state index is 0.778. The summed E-state index contributed by atoms with van der Waals surface area (Å²) < 4.78 is 0. The van der Waals surface area contributed by atoms with Gasteiger partial charge in [0.15, 0.2) is 0 Å². The van der Waals surface area contributed by atoms with Gasteiger partial charge in [0.05, 0.1) is 26.0 Å². The molecule has 1 aromatic heterocycles. The van der Waals surface area contributed by atoms with E-state index >= 15 is 0 Å². The molecule has 0 saturated heterocycles. The van der Waals surface area contributed by atoms with Crippen LogP contribution in [0.2, 0.25) is 0 Å². The van der Waals surface area contributed by atoms with Gasteiger partial charge in [-0.25, -0.2) is 4.98 Å². The van der Waals surface area contributed by atoms with E-state index in [9.17, 15) is 0 Å². The number of nitrogens with one attached hydrogen (secondary N) is 1. The van der Waals surface area contributed by atoms with Gasteiger partial charge in [0.2, 0.25) is 0 Å². The summed E-state index contributed by atoms with van der Waals surface area (Å²) in [6, 6.07) is 0. The Morgan fingerprint density at radius 3 is 1.95 bits per heavy atom. The van der Waals surface area contributed by atoms with Gasteiger partial charge >= 0.3 is 0 Å². The molecule has 4 rings (SSSR count). The Hall–Kier alpha value is -2.51. The average molecular weight is 274 g/mol. The van der Waals surface area contributed by atoms with E-state index in [2.05, 4.69) is 40.6 Å². The van der Waals surface area contributed by atoms with Crippen molar-refractivity contribution in [3.63, 3.8) is 0 Å². The van der Waals surface area contributed by atoms with Crippen LogP contribution in [0, 0.1) is 0 Å². The van der Waals surface area contributed by atoms with Gasteiger partial charge < -0.3 is 4.98 Å². The zero-order chi connectivity index (χ0) is 14.1. The van der Waals surface area contributed by atoms with Crippen molar-refractivity contribution in [3.05, 3.63) is 31.0 Å². The van der Waals surface area contributed by atoms with Crippen molar-refractivity contribution in [1.29, 1.82) is 0 Å². The lowest BCUT2D eigenvalue weighted by atomic mass is 10.5. The van der Waals surface area contributed by atoms with Crippen molar-refractivity contribution < 1.29 is 0 Å². The smallest absolute Gasteiger partial charge is 0.0919 e. The molecule has 1 N–H and O–H groups in total. The fourth-order valence-electron chi connectivity index (χ4n) is 1.04. The van der Waals surface area contributed by atoms with Gasteiger partial charge in [-0.15, -0.1) is 0 Å². The number of imidazole rings is 1. The Morgan fingerprint density at radius 2 is 1.75 bits per heavy atom. The molecule has 4 heterocycles. The fraction of sp³-hybridized carbons (Fsp3) is 0.417. The van der Waals surface area contributed by atoms with E-state index in [1.54, 1.807) is 37.4 Å². The largest absolute Gasteiger partial charge is 0.351 e. The maximum atomic E-state index is 3.71. The molecule has 0 spiro atoms. The third-order valence-corrected chi connectivity index (χ3v) is 1.90. The van der Waals surface area contributed by atoms with Crippen molar-refractivity contribution in [2.24, 2.45) is 30.7 Å². The predicted molar refractivity (Wildman–Crippen MR) is 78.3 cm³/mol. The number of hydrogen-bond acceptors (Lipinski definition) is 7. The molecule has 0 bridgehead atoms. The molecule has 0 fully saturated rings. The zero-order valence-corrected chi connectivity index (χ0v) is 11.2. The zero-order valence-electron chi connectivity index (χ0n) is 11.2. The molecule has 106 valence electrons. The number of H-pyrrole nitrogens is 1. The lowest BCUT2D eigenvalue weighted by molar-refractivity contribution is 0.979. The first-order valence-corrected chi connectivity index (χ1v) is 6.31. The molecule has 3 aliphatic heterocycles. The third-order valence-electron chi connectivity index (χ3n) is 1.90. The first-order chi connectivity index (χ1) is 10.0. The highest BCUT2D eigenvalue weighted by molar-refractivity contribution is 5.82. The molecule has 8 nitrogen and oxygen atoms in total. The van der Waals surface area contributed by atoms with Crippen LogP contribution in [0.15, 0.2) is 61.7 Å². The Labute approximate surface area is 117 Å². The van der Waals surface area contributed by atoms with Crippen molar-refractivity contribution in [3.8, 4) is 0 Å². The summed E-state index contributed by atoms with van der Waals surface area (Å²) in [5.74, 6) is 0. The van der Waals surface area contributed by atoms with Crippen LogP contribution in [0.4, 0.5) is 0 Å². The highest BCUT2D eigenvalue weighted by Crippen LogP contribution is 1.91. The summed E-state index contributed by atoms with van der Waals surface area (Å²) in [6.45, 7) is 2.69. The van der Waals surface area contributed by atoms with E-state index in [-0.39, 0.29) is 0 Å². The van der Waals surface area contributed by atoms with Gasteiger partial charge in [-0.3, -0.25) is 0 Å². The molecule has 8 heteroatoms. The average Bonchev–Trinajstić information content (AvgIpc) is 3.40. The van der Waals surface area contributed by atoms with Crippen LogP contribution in [-0.2, 0) is 0 Å². The summed E-state index contributed by atoms with van der Waals surface area (Å²) in [6.07, 6.45) is 14.3. The predicted octanol–water partition coefficient (Wildman–Crippen LogP) is 2.66. The van der Waals surface area contributed by atoms with E-state index in [1.165, 1.54) is 6.42 Å². The lowest BCUT2D eigenvalue weighted by Crippen LogP contribution is -1.68. The van der Waals surface area contributed by atoms with Crippen LogP contribution in [0.3, 0.4) is 0 Å². The molecule has 0 amide bonds. The Morgan fingerprint density at radius 1 is 0.950 bits per heavy atom. The maximum absolute atomic E-state index is 3.71. The van der Waals surface area contributed by atoms with Crippen molar-refractivity contribution >= 4 is 12.4 Å². The number of hydrogen-bond donors (Lipinski definition) is 1. The topological polar surface area (TPSA) is 103 Å². The third kappa shape index (κ3) is 10.6. The minimum atomic E-state index is 0.778. The molecule has 20 heavy (non-hydrogen) atoms. The van der Waals surface area contributed by atoms with E-state index < -0.39 is 0 Å². The van der Waals surface area contributed by atoms with Crippen LogP contribution in [0.5, 0.6) is 0 Å². The van der Waals surface area contributed by atoms with Crippen LogP contribution >= 0.6 is 0 Å². The van der Waals surface area contributed by atoms with Gasteiger partial charge in [0.25, 0.3) is 0 Å². The summed E-state index contributed by atoms with van der Waals surface area (Å²) >= 11 is 0. The number of azo groups is 2. The van der Waals surface area contributed by atoms with Crippen molar-refractivity contribution in [1.82, 2.24) is 9.97 Å². The minimum Gasteiger partial charge on any atom is -0.351 e. The van der Waals surface area contributed by atoms with Crippen LogP contribution in [-0.4, -0.2) is 42.0 Å². The SMILES string of the molecule is C1=CN=NC1.C1=NN=CC1.C1CN=NC1.c1c[nH]cn1. The molecule has 0 atom stereocenters. The quantitative estimate of drug-likeness (QED) is 0.772. The summed E-state index contributed by atoms with van der Waals surface area (Å²) in [5.41, 5.74) is 0. The fourth-order valence-corrected chi connectivity index (χ4v) is 1.04. The Balaban J connectivity index is 0.000000133. The number of aromatic amines is 1. The maximum Gasteiger partial charge on any atom is 0.0919 e. The van der Waals surface area contributed by atoms with Crippen molar-refractivity contribution in [2.75, 3.05) is 19.6 Å². The summed E-state index contributed by atoms with van der Waals surface area (Å²) in [5, 5.41) is 21.6. The van der Waals surface area contributed by atoms with E-state index in [0.29, 0.717) is 0 Å². The summed E-state index contributed by atoms with van der Waals surface area (Å²) in [4.78, 5) is 6.42. The lowest BCUT2D eigenvalue weighted by Gasteiger charge is -1.63. The van der Waals surface area contributed by atoms with Gasteiger partial charge in [-0.05, 0) is 12.5 Å². The monoisotopic (exact) mass is 274 g/mol. The van der Waals surface area contributed by atoms with Gasteiger partial charge in [0, 0.05) is 37.4 Å². The number of aromatic nitrogens is 2. The molecule has 0 aromatic carbocycles. The summed E-state index contributed by atoms with van der Waals surface area (Å²) in [7, 11) is 0. The molecule has 1 aromatic rings. The highest BCUT2D eigenvalue weighted by Gasteiger charge is 1.87. The molecule has 0 radical (unpaired) electrons. The normalized spacial score (nSPS) is 16.0. The van der Waals surface area contributed by atoms with Gasteiger partial charge in [0.1, 0.15) is 0 Å². The van der Waals surface area contributed by atoms with Crippen LogP contribution in [0.25, 0.3) is 0 Å². The van der Waals surface area contributed by atoms with Crippen LogP contribution in [0.1, 0.15) is 12.8 Å². The first-order valence-electron chi connectivity index (χ1n) is 6.31. The molecular formula is C12H18N8. The standard InChI is InChI=1S/C3H4N2.C3H6N2.2C3H4N2/c1-2-5-3-4-1;3*1-2-4-5-3-1/h1-3H,(H,4,5);1-3H2;2-3H,1H2;1-2H,3H2. The molecule has 0 unspecified atom stereocenters. The number of nitrogens with zero attached hydrogens (tertiary/aromatic N) is 7. The number of rotatable bonds is 0. The second-order valence-electron chi connectivity index (χ2n) is 3.50. The van der Waals surface area contributed by atoms with Gasteiger partial charge in [-0.1, -0.05) is 0 Å².